The molecule has 1 amide bonds. The lowest BCUT2D eigenvalue weighted by Gasteiger charge is -2.38. The van der Waals surface area contributed by atoms with Crippen molar-refractivity contribution in [3.63, 3.8) is 0 Å². The highest BCUT2D eigenvalue weighted by molar-refractivity contribution is 6.42. The van der Waals surface area contributed by atoms with Crippen molar-refractivity contribution in [2.24, 2.45) is 0 Å². The van der Waals surface area contributed by atoms with Gasteiger partial charge in [-0.1, -0.05) is 35.3 Å². The summed E-state index contributed by atoms with van der Waals surface area (Å²) in [5.74, 6) is 1.72. The third-order valence-electron chi connectivity index (χ3n) is 6.50. The van der Waals surface area contributed by atoms with Crippen LogP contribution < -0.4 is 9.47 Å². The van der Waals surface area contributed by atoms with Gasteiger partial charge in [0.2, 0.25) is 5.91 Å². The summed E-state index contributed by atoms with van der Waals surface area (Å²) < 4.78 is 11.7. The van der Waals surface area contributed by atoms with Crippen LogP contribution in [0.1, 0.15) is 37.7 Å². The minimum Gasteiger partial charge on any atom is -0.494 e. The Morgan fingerprint density at radius 2 is 1.76 bits per heavy atom. The molecule has 6 nitrogen and oxygen atoms in total. The molecule has 1 N–H and O–H groups in total. The lowest BCUT2D eigenvalue weighted by atomic mass is 9.92. The van der Waals surface area contributed by atoms with Gasteiger partial charge in [0.05, 0.1) is 16.7 Å². The maximum absolute atomic E-state index is 11.7. The predicted molar refractivity (Wildman–Crippen MR) is 134 cm³/mol. The number of piperidine rings is 1. The second kappa shape index (κ2) is 11.6. The number of halogens is 2. The molecule has 0 spiro atoms. The number of carbonyl (C=O) groups excluding carboxylic acids is 1. The van der Waals surface area contributed by atoms with Gasteiger partial charge in [-0.05, 0) is 55.5 Å². The van der Waals surface area contributed by atoms with Crippen molar-refractivity contribution in [3.05, 3.63) is 58.1 Å². The standard InChI is InChI=1S/C26H32Cl2N2O4/c27-23-8-7-22(17-24(23)28)34-19-26(32)9-13-29(14-10-26)18-20-4-1-5-21(16-20)33-15-3-12-30-11-2-6-25(30)31/h1,4-5,7-8,16-17,32H,2-3,6,9-15,18-19H2. The molecule has 0 aromatic heterocycles. The topological polar surface area (TPSA) is 62.2 Å². The summed E-state index contributed by atoms with van der Waals surface area (Å²) in [4.78, 5) is 15.9. The molecule has 2 saturated heterocycles. The van der Waals surface area contributed by atoms with Crippen LogP contribution in [0.2, 0.25) is 10.0 Å². The molecule has 0 radical (unpaired) electrons. The smallest absolute Gasteiger partial charge is 0.222 e. The van der Waals surface area contributed by atoms with Crippen LogP contribution in [0.5, 0.6) is 11.5 Å². The van der Waals surface area contributed by atoms with Gasteiger partial charge in [0.15, 0.2) is 0 Å². The third-order valence-corrected chi connectivity index (χ3v) is 7.24. The van der Waals surface area contributed by atoms with Crippen molar-refractivity contribution in [3.8, 4) is 11.5 Å². The molecular formula is C26H32Cl2N2O4. The van der Waals surface area contributed by atoms with E-state index in [-0.39, 0.29) is 12.5 Å². The molecule has 2 fully saturated rings. The van der Waals surface area contributed by atoms with Crippen LogP contribution in [-0.2, 0) is 11.3 Å². The molecule has 2 aliphatic rings. The van der Waals surface area contributed by atoms with Crippen LogP contribution in [0.25, 0.3) is 0 Å². The molecule has 4 rings (SSSR count). The van der Waals surface area contributed by atoms with Crippen LogP contribution in [0.4, 0.5) is 0 Å². The molecule has 2 aromatic carbocycles. The minimum atomic E-state index is -0.857. The van der Waals surface area contributed by atoms with E-state index in [0.717, 1.165) is 51.3 Å². The Hall–Kier alpha value is -1.99. The Kier molecular flexibility index (Phi) is 8.59. The van der Waals surface area contributed by atoms with E-state index < -0.39 is 5.60 Å². The van der Waals surface area contributed by atoms with Gasteiger partial charge in [0, 0.05) is 45.2 Å². The zero-order valence-corrected chi connectivity index (χ0v) is 20.9. The van der Waals surface area contributed by atoms with Gasteiger partial charge in [-0.25, -0.2) is 0 Å². The van der Waals surface area contributed by atoms with Crippen molar-refractivity contribution < 1.29 is 19.4 Å². The van der Waals surface area contributed by atoms with Crippen LogP contribution in [0.3, 0.4) is 0 Å². The SMILES string of the molecule is O=C1CCCN1CCCOc1cccc(CN2CCC(O)(COc3ccc(Cl)c(Cl)c3)CC2)c1. The first-order chi connectivity index (χ1) is 16.4. The van der Waals surface area contributed by atoms with Gasteiger partial charge < -0.3 is 19.5 Å². The van der Waals surface area contributed by atoms with Crippen LogP contribution in [-0.4, -0.2) is 65.8 Å². The van der Waals surface area contributed by atoms with E-state index in [1.807, 2.05) is 17.0 Å². The molecule has 2 aromatic rings. The zero-order valence-electron chi connectivity index (χ0n) is 19.3. The molecule has 0 atom stereocenters. The summed E-state index contributed by atoms with van der Waals surface area (Å²) in [6.45, 7) is 4.86. The maximum Gasteiger partial charge on any atom is 0.222 e. The van der Waals surface area contributed by atoms with E-state index in [0.29, 0.717) is 41.7 Å². The highest BCUT2D eigenvalue weighted by Gasteiger charge is 2.33. The first kappa shape index (κ1) is 25.1. The molecule has 184 valence electrons. The van der Waals surface area contributed by atoms with E-state index in [4.69, 9.17) is 32.7 Å². The number of carbonyl (C=O) groups is 1. The fraction of sp³-hybridized carbons (Fsp3) is 0.500. The average molecular weight is 507 g/mol. The molecule has 0 saturated carbocycles. The van der Waals surface area contributed by atoms with Crippen molar-refractivity contribution in [2.45, 2.75) is 44.2 Å². The monoisotopic (exact) mass is 506 g/mol. The summed E-state index contributed by atoms with van der Waals surface area (Å²) in [6.07, 6.45) is 3.77. The molecule has 8 heteroatoms. The number of likely N-dealkylation sites (tertiary alicyclic amines) is 2. The van der Waals surface area contributed by atoms with Gasteiger partial charge in [-0.3, -0.25) is 9.69 Å². The lowest BCUT2D eigenvalue weighted by Crippen LogP contribution is -2.47. The van der Waals surface area contributed by atoms with Crippen molar-refractivity contribution in [2.75, 3.05) is 39.4 Å². The molecule has 0 unspecified atom stereocenters. The van der Waals surface area contributed by atoms with Crippen LogP contribution >= 0.6 is 23.2 Å². The van der Waals surface area contributed by atoms with Gasteiger partial charge in [-0.15, -0.1) is 0 Å². The number of benzene rings is 2. The van der Waals surface area contributed by atoms with Gasteiger partial charge in [-0.2, -0.15) is 0 Å². The van der Waals surface area contributed by atoms with Gasteiger partial charge in [0.1, 0.15) is 23.7 Å². The Bertz CT molecular complexity index is 979. The molecular weight excluding hydrogens is 475 g/mol. The van der Waals surface area contributed by atoms with Crippen molar-refractivity contribution >= 4 is 29.1 Å². The Balaban J connectivity index is 1.19. The second-order valence-corrected chi connectivity index (χ2v) is 10.0. The number of hydrogen-bond donors (Lipinski definition) is 1. The first-order valence-electron chi connectivity index (χ1n) is 11.9. The lowest BCUT2D eigenvalue weighted by molar-refractivity contribution is -0.127. The Morgan fingerprint density at radius 1 is 0.971 bits per heavy atom. The molecule has 0 bridgehead atoms. The summed E-state index contributed by atoms with van der Waals surface area (Å²) in [5.41, 5.74) is 0.328. The number of rotatable bonds is 10. The van der Waals surface area contributed by atoms with E-state index >= 15 is 0 Å². The Labute approximate surface area is 211 Å². The van der Waals surface area contributed by atoms with E-state index in [1.54, 1.807) is 18.2 Å². The third kappa shape index (κ3) is 7.01. The zero-order chi connectivity index (χ0) is 24.0. The van der Waals surface area contributed by atoms with Crippen LogP contribution in [0.15, 0.2) is 42.5 Å². The summed E-state index contributed by atoms with van der Waals surface area (Å²) in [5, 5.41) is 11.9. The number of amides is 1. The number of ether oxygens (including phenoxy) is 2. The second-order valence-electron chi connectivity index (χ2n) is 9.20. The highest BCUT2D eigenvalue weighted by atomic mass is 35.5. The fourth-order valence-electron chi connectivity index (χ4n) is 4.43. The van der Waals surface area contributed by atoms with Gasteiger partial charge >= 0.3 is 0 Å². The number of nitrogens with zero attached hydrogens (tertiary/aromatic N) is 2. The largest absolute Gasteiger partial charge is 0.494 e. The van der Waals surface area contributed by atoms with Crippen molar-refractivity contribution in [1.82, 2.24) is 9.80 Å². The predicted octanol–water partition coefficient (Wildman–Crippen LogP) is 4.79. The quantitative estimate of drug-likeness (QED) is 0.469. The fourth-order valence-corrected chi connectivity index (χ4v) is 4.72. The van der Waals surface area contributed by atoms with E-state index in [1.165, 1.54) is 5.56 Å². The summed E-state index contributed by atoms with van der Waals surface area (Å²) >= 11 is 12.0. The molecule has 2 heterocycles. The number of hydrogen-bond acceptors (Lipinski definition) is 5. The average Bonchev–Trinajstić information content (AvgIpc) is 3.24. The van der Waals surface area contributed by atoms with Gasteiger partial charge in [0.25, 0.3) is 0 Å². The Morgan fingerprint density at radius 3 is 2.50 bits per heavy atom. The summed E-state index contributed by atoms with van der Waals surface area (Å²) in [7, 11) is 0. The molecule has 0 aliphatic carbocycles. The number of aliphatic hydroxyl groups is 1. The maximum atomic E-state index is 11.7. The normalized spacial score (nSPS) is 18.3. The molecule has 2 aliphatic heterocycles. The molecule has 34 heavy (non-hydrogen) atoms. The minimum absolute atomic E-state index is 0.227. The highest BCUT2D eigenvalue weighted by Crippen LogP contribution is 2.29. The first-order valence-corrected chi connectivity index (χ1v) is 12.7. The van der Waals surface area contributed by atoms with E-state index in [2.05, 4.69) is 17.0 Å². The summed E-state index contributed by atoms with van der Waals surface area (Å²) in [6, 6.07) is 13.3. The van der Waals surface area contributed by atoms with E-state index in [9.17, 15) is 9.90 Å². The van der Waals surface area contributed by atoms with Crippen LogP contribution in [0, 0.1) is 0 Å². The van der Waals surface area contributed by atoms with Crippen molar-refractivity contribution in [1.29, 1.82) is 0 Å².